The van der Waals surface area contributed by atoms with Gasteiger partial charge in [0, 0.05) is 28.8 Å². The molecule has 0 atom stereocenters. The molecule has 2 aliphatic heterocycles. The van der Waals surface area contributed by atoms with Gasteiger partial charge in [-0.25, -0.2) is 4.98 Å². The fraction of sp³-hybridized carbons (Fsp3) is 0.500. The Balaban J connectivity index is 1.29. The van der Waals surface area contributed by atoms with Gasteiger partial charge in [0.1, 0.15) is 23.8 Å². The average molecular weight is 407 g/mol. The van der Waals surface area contributed by atoms with E-state index in [2.05, 4.69) is 4.98 Å². The van der Waals surface area contributed by atoms with E-state index in [-0.39, 0.29) is 5.91 Å². The first kappa shape index (κ1) is 18.9. The lowest BCUT2D eigenvalue weighted by Crippen LogP contribution is -3.21. The highest BCUT2D eigenvalue weighted by molar-refractivity contribution is 7.13. The number of amides is 1. The number of aromatic nitrogens is 1. The summed E-state index contributed by atoms with van der Waals surface area (Å²) in [7, 11) is 0. The van der Waals surface area contributed by atoms with E-state index in [4.69, 9.17) is 11.6 Å². The molecule has 2 N–H and O–H groups in total. The van der Waals surface area contributed by atoms with Gasteiger partial charge < -0.3 is 14.7 Å². The summed E-state index contributed by atoms with van der Waals surface area (Å²) < 4.78 is 0. The SMILES string of the molecule is O=C(c1csc(-c2ccc(Cl)cc2)n1)N1CC[NH+](CC[NH+]2CCCC2)CC1. The summed E-state index contributed by atoms with van der Waals surface area (Å²) in [5, 5.41) is 3.45. The van der Waals surface area contributed by atoms with E-state index in [1.807, 2.05) is 34.5 Å². The maximum Gasteiger partial charge on any atom is 0.273 e. The lowest BCUT2D eigenvalue weighted by molar-refractivity contribution is -0.954. The summed E-state index contributed by atoms with van der Waals surface area (Å²) in [6.07, 6.45) is 2.77. The Morgan fingerprint density at radius 3 is 2.33 bits per heavy atom. The molecule has 2 fully saturated rings. The molecule has 2 aromatic rings. The van der Waals surface area contributed by atoms with Crippen molar-refractivity contribution in [2.75, 3.05) is 52.4 Å². The molecular formula is C20H27ClN4OS+2. The Labute approximate surface area is 169 Å². The van der Waals surface area contributed by atoms with Crippen molar-refractivity contribution < 1.29 is 14.6 Å². The second-order valence-corrected chi connectivity index (χ2v) is 8.84. The number of piperazine rings is 1. The highest BCUT2D eigenvalue weighted by Crippen LogP contribution is 2.25. The first-order chi connectivity index (χ1) is 13.2. The molecule has 0 spiro atoms. The van der Waals surface area contributed by atoms with Crippen molar-refractivity contribution in [3.63, 3.8) is 0 Å². The number of carbonyl (C=O) groups is 1. The molecule has 0 aliphatic carbocycles. The maximum absolute atomic E-state index is 12.8. The molecule has 2 aliphatic rings. The van der Waals surface area contributed by atoms with Crippen LogP contribution in [0.1, 0.15) is 23.3 Å². The summed E-state index contributed by atoms with van der Waals surface area (Å²) in [4.78, 5) is 22.7. The zero-order valence-corrected chi connectivity index (χ0v) is 17.1. The van der Waals surface area contributed by atoms with Crippen LogP contribution >= 0.6 is 22.9 Å². The molecule has 0 bridgehead atoms. The van der Waals surface area contributed by atoms with Crippen LogP contribution in [0.25, 0.3) is 10.6 Å². The maximum atomic E-state index is 12.8. The van der Waals surface area contributed by atoms with Gasteiger partial charge in [-0.15, -0.1) is 11.3 Å². The molecule has 0 radical (unpaired) electrons. The lowest BCUT2D eigenvalue weighted by Gasteiger charge is -2.32. The highest BCUT2D eigenvalue weighted by Gasteiger charge is 2.27. The van der Waals surface area contributed by atoms with Crippen molar-refractivity contribution in [2.24, 2.45) is 0 Å². The van der Waals surface area contributed by atoms with Crippen molar-refractivity contribution in [1.82, 2.24) is 9.88 Å². The van der Waals surface area contributed by atoms with Crippen LogP contribution in [0.5, 0.6) is 0 Å². The normalized spacial score (nSPS) is 18.9. The van der Waals surface area contributed by atoms with Gasteiger partial charge in [-0.1, -0.05) is 23.7 Å². The van der Waals surface area contributed by atoms with Crippen molar-refractivity contribution >= 4 is 28.8 Å². The lowest BCUT2D eigenvalue weighted by atomic mass is 10.2. The number of likely N-dealkylation sites (tertiary alicyclic amines) is 1. The Kier molecular flexibility index (Phi) is 6.08. The Morgan fingerprint density at radius 2 is 1.67 bits per heavy atom. The van der Waals surface area contributed by atoms with Crippen molar-refractivity contribution in [1.29, 1.82) is 0 Å². The number of hydrogen-bond donors (Lipinski definition) is 2. The minimum absolute atomic E-state index is 0.0654. The van der Waals surface area contributed by atoms with E-state index in [1.54, 1.807) is 9.80 Å². The number of quaternary nitrogens is 2. The van der Waals surface area contributed by atoms with E-state index in [0.717, 1.165) is 36.8 Å². The van der Waals surface area contributed by atoms with E-state index >= 15 is 0 Å². The molecule has 0 unspecified atom stereocenters. The monoisotopic (exact) mass is 406 g/mol. The molecule has 5 nitrogen and oxygen atoms in total. The third-order valence-electron chi connectivity index (χ3n) is 5.72. The molecule has 1 aromatic carbocycles. The Hall–Kier alpha value is -1.47. The van der Waals surface area contributed by atoms with Crippen LogP contribution in [0.2, 0.25) is 5.02 Å². The minimum Gasteiger partial charge on any atom is -0.330 e. The van der Waals surface area contributed by atoms with Crippen LogP contribution in [0.15, 0.2) is 29.6 Å². The molecule has 2 saturated heterocycles. The summed E-state index contributed by atoms with van der Waals surface area (Å²) >= 11 is 7.46. The zero-order valence-electron chi connectivity index (χ0n) is 15.5. The largest absolute Gasteiger partial charge is 0.330 e. The molecular weight excluding hydrogens is 380 g/mol. The van der Waals surface area contributed by atoms with Crippen LogP contribution < -0.4 is 9.80 Å². The minimum atomic E-state index is 0.0654. The van der Waals surface area contributed by atoms with Gasteiger partial charge in [0.25, 0.3) is 5.91 Å². The number of nitrogens with zero attached hydrogens (tertiary/aromatic N) is 2. The van der Waals surface area contributed by atoms with Gasteiger partial charge in [-0.3, -0.25) is 4.79 Å². The predicted octanol–water partition coefficient (Wildman–Crippen LogP) is 0.483. The van der Waals surface area contributed by atoms with Crippen molar-refractivity contribution in [3.05, 3.63) is 40.4 Å². The van der Waals surface area contributed by atoms with Crippen LogP contribution in [-0.4, -0.2) is 68.1 Å². The molecule has 27 heavy (non-hydrogen) atoms. The fourth-order valence-corrected chi connectivity index (χ4v) is 4.94. The standard InChI is InChI=1S/C20H25ClN4OS/c21-17-5-3-16(4-6-17)19-22-18(15-27-19)20(26)25-13-11-24(12-14-25)10-9-23-7-1-2-8-23/h3-6,15H,1-2,7-14H2/p+2. The van der Waals surface area contributed by atoms with Gasteiger partial charge in [-0.2, -0.15) is 0 Å². The highest BCUT2D eigenvalue weighted by atomic mass is 35.5. The first-order valence-electron chi connectivity index (χ1n) is 9.87. The summed E-state index contributed by atoms with van der Waals surface area (Å²) in [6.45, 7) is 8.96. The third-order valence-corrected chi connectivity index (χ3v) is 6.86. The smallest absolute Gasteiger partial charge is 0.273 e. The van der Waals surface area contributed by atoms with Gasteiger partial charge in [0.15, 0.2) is 0 Å². The number of halogens is 1. The second kappa shape index (κ2) is 8.69. The Bertz CT molecular complexity index is 765. The molecule has 3 heterocycles. The topological polar surface area (TPSA) is 42.1 Å². The van der Waals surface area contributed by atoms with Gasteiger partial charge in [-0.05, 0) is 12.1 Å². The van der Waals surface area contributed by atoms with Crippen molar-refractivity contribution in [2.45, 2.75) is 12.8 Å². The number of carbonyl (C=O) groups excluding carboxylic acids is 1. The molecule has 144 valence electrons. The van der Waals surface area contributed by atoms with Gasteiger partial charge in [0.05, 0.1) is 39.3 Å². The molecule has 7 heteroatoms. The van der Waals surface area contributed by atoms with E-state index < -0.39 is 0 Å². The van der Waals surface area contributed by atoms with E-state index in [9.17, 15) is 4.79 Å². The summed E-state index contributed by atoms with van der Waals surface area (Å²) in [6, 6.07) is 7.59. The fourth-order valence-electron chi connectivity index (χ4n) is 4.01. The number of hydrogen-bond acceptors (Lipinski definition) is 3. The van der Waals surface area contributed by atoms with Crippen LogP contribution in [-0.2, 0) is 0 Å². The number of rotatable bonds is 5. The van der Waals surface area contributed by atoms with Crippen molar-refractivity contribution in [3.8, 4) is 10.6 Å². The van der Waals surface area contributed by atoms with E-state index in [1.165, 1.54) is 50.4 Å². The van der Waals surface area contributed by atoms with Crippen LogP contribution in [0, 0.1) is 0 Å². The molecule has 1 aromatic heterocycles. The molecule has 0 saturated carbocycles. The third kappa shape index (κ3) is 4.69. The quantitative estimate of drug-likeness (QED) is 0.758. The first-order valence-corrected chi connectivity index (χ1v) is 11.1. The molecule has 1 amide bonds. The van der Waals surface area contributed by atoms with E-state index in [0.29, 0.717) is 10.7 Å². The van der Waals surface area contributed by atoms with Crippen LogP contribution in [0.4, 0.5) is 0 Å². The Morgan fingerprint density at radius 1 is 1.04 bits per heavy atom. The number of thiazole rings is 1. The number of nitrogens with one attached hydrogen (secondary N) is 2. The van der Waals surface area contributed by atoms with Gasteiger partial charge >= 0.3 is 0 Å². The van der Waals surface area contributed by atoms with Gasteiger partial charge in [0.2, 0.25) is 0 Å². The average Bonchev–Trinajstić information content (AvgIpc) is 3.39. The summed E-state index contributed by atoms with van der Waals surface area (Å²) in [5.41, 5.74) is 1.57. The predicted molar refractivity (Wildman–Crippen MR) is 109 cm³/mol. The summed E-state index contributed by atoms with van der Waals surface area (Å²) in [5.74, 6) is 0.0654. The molecule has 4 rings (SSSR count). The second-order valence-electron chi connectivity index (χ2n) is 7.54. The number of benzene rings is 1. The van der Waals surface area contributed by atoms with Crippen LogP contribution in [0.3, 0.4) is 0 Å². The zero-order chi connectivity index (χ0) is 18.6.